The number of aromatic nitrogens is 2. The smallest absolute Gasteiger partial charge is 0.225 e. The molecular formula is C14H16BrN3O. The lowest BCUT2D eigenvalue weighted by atomic mass is 10.2. The summed E-state index contributed by atoms with van der Waals surface area (Å²) in [6.45, 7) is 5.22. The normalized spacial score (nSPS) is 10.3. The van der Waals surface area contributed by atoms with Crippen LogP contribution in [0.15, 0.2) is 34.9 Å². The van der Waals surface area contributed by atoms with Crippen molar-refractivity contribution in [1.29, 1.82) is 0 Å². The van der Waals surface area contributed by atoms with E-state index in [4.69, 9.17) is 4.74 Å². The van der Waals surface area contributed by atoms with E-state index in [0.717, 1.165) is 22.1 Å². The summed E-state index contributed by atoms with van der Waals surface area (Å²) in [4.78, 5) is 8.53. The van der Waals surface area contributed by atoms with Gasteiger partial charge in [0, 0.05) is 22.8 Å². The van der Waals surface area contributed by atoms with Crippen LogP contribution in [-0.4, -0.2) is 16.5 Å². The van der Waals surface area contributed by atoms with Gasteiger partial charge in [0.1, 0.15) is 6.61 Å². The van der Waals surface area contributed by atoms with Crippen molar-refractivity contribution in [2.45, 2.75) is 20.5 Å². The lowest BCUT2D eigenvalue weighted by Gasteiger charge is -2.10. The van der Waals surface area contributed by atoms with E-state index in [1.165, 1.54) is 0 Å². The van der Waals surface area contributed by atoms with Gasteiger partial charge < -0.3 is 10.1 Å². The minimum Gasteiger partial charge on any atom is -0.472 e. The minimum atomic E-state index is 0.489. The molecule has 100 valence electrons. The van der Waals surface area contributed by atoms with Crippen molar-refractivity contribution in [3.05, 3.63) is 46.1 Å². The van der Waals surface area contributed by atoms with Gasteiger partial charge in [-0.3, -0.25) is 0 Å². The highest BCUT2D eigenvalue weighted by molar-refractivity contribution is 9.10. The largest absolute Gasteiger partial charge is 0.472 e. The highest BCUT2D eigenvalue weighted by atomic mass is 79.9. The van der Waals surface area contributed by atoms with Crippen molar-refractivity contribution in [1.82, 2.24) is 9.97 Å². The van der Waals surface area contributed by atoms with E-state index in [2.05, 4.69) is 31.2 Å². The molecule has 5 heteroatoms. The quantitative estimate of drug-likeness (QED) is 0.914. The number of hydrogen-bond acceptors (Lipinski definition) is 4. The van der Waals surface area contributed by atoms with Gasteiger partial charge in [-0.25, -0.2) is 4.98 Å². The monoisotopic (exact) mass is 321 g/mol. The Balaban J connectivity index is 2.08. The van der Waals surface area contributed by atoms with Crippen LogP contribution in [0.1, 0.15) is 18.1 Å². The van der Waals surface area contributed by atoms with Crippen molar-refractivity contribution in [3.8, 4) is 5.88 Å². The Morgan fingerprint density at radius 1 is 1.37 bits per heavy atom. The second-order valence-corrected chi connectivity index (χ2v) is 5.05. The number of benzene rings is 1. The predicted octanol–water partition coefficient (Wildman–Crippen LogP) is 3.56. The van der Waals surface area contributed by atoms with Crippen molar-refractivity contribution >= 4 is 21.9 Å². The molecule has 2 rings (SSSR count). The number of aryl methyl sites for hydroxylation is 1. The molecule has 0 aliphatic carbocycles. The minimum absolute atomic E-state index is 0.489. The Hall–Kier alpha value is -1.62. The molecule has 1 N–H and O–H groups in total. The molecule has 0 radical (unpaired) electrons. The van der Waals surface area contributed by atoms with Crippen molar-refractivity contribution < 1.29 is 4.74 Å². The Morgan fingerprint density at radius 3 is 2.95 bits per heavy atom. The summed E-state index contributed by atoms with van der Waals surface area (Å²) in [7, 11) is 0. The Labute approximate surface area is 121 Å². The fourth-order valence-electron chi connectivity index (χ4n) is 1.59. The summed E-state index contributed by atoms with van der Waals surface area (Å²) in [5.41, 5.74) is 2.02. The second-order valence-electron chi connectivity index (χ2n) is 4.13. The van der Waals surface area contributed by atoms with Crippen LogP contribution >= 0.6 is 15.9 Å². The Bertz CT molecular complexity index is 560. The van der Waals surface area contributed by atoms with Crippen molar-refractivity contribution in [2.75, 3.05) is 11.9 Å². The average Bonchev–Trinajstić information content (AvgIpc) is 2.40. The SMILES string of the molecule is CCNc1ncc(C)c(OCc2cccc(Br)c2)n1. The first-order chi connectivity index (χ1) is 9.19. The zero-order chi connectivity index (χ0) is 13.7. The van der Waals surface area contributed by atoms with Gasteiger partial charge in [-0.05, 0) is 31.5 Å². The molecular weight excluding hydrogens is 306 g/mol. The highest BCUT2D eigenvalue weighted by Gasteiger charge is 2.05. The summed E-state index contributed by atoms with van der Waals surface area (Å²) in [5, 5.41) is 3.07. The maximum absolute atomic E-state index is 5.75. The number of nitrogens with one attached hydrogen (secondary N) is 1. The molecule has 0 saturated carbocycles. The van der Waals surface area contributed by atoms with Gasteiger partial charge in [-0.2, -0.15) is 4.98 Å². The zero-order valence-electron chi connectivity index (χ0n) is 11.0. The molecule has 0 bridgehead atoms. The van der Waals surface area contributed by atoms with Crippen LogP contribution in [0.4, 0.5) is 5.95 Å². The summed E-state index contributed by atoms with van der Waals surface area (Å²) >= 11 is 3.44. The van der Waals surface area contributed by atoms with E-state index >= 15 is 0 Å². The third-order valence-electron chi connectivity index (χ3n) is 2.52. The Morgan fingerprint density at radius 2 is 2.21 bits per heavy atom. The third-order valence-corrected chi connectivity index (χ3v) is 3.02. The summed E-state index contributed by atoms with van der Waals surface area (Å²) in [6, 6.07) is 8.02. The Kier molecular flexibility index (Phi) is 4.74. The maximum Gasteiger partial charge on any atom is 0.225 e. The van der Waals surface area contributed by atoms with Gasteiger partial charge in [0.25, 0.3) is 0 Å². The molecule has 1 aromatic heterocycles. The molecule has 0 aliphatic heterocycles. The van der Waals surface area contributed by atoms with Crippen LogP contribution < -0.4 is 10.1 Å². The first-order valence-corrected chi connectivity index (χ1v) is 6.93. The number of anilines is 1. The van der Waals surface area contributed by atoms with E-state index in [1.54, 1.807) is 6.20 Å². The molecule has 0 spiro atoms. The highest BCUT2D eigenvalue weighted by Crippen LogP contribution is 2.18. The number of ether oxygens (including phenoxy) is 1. The number of nitrogens with zero attached hydrogens (tertiary/aromatic N) is 2. The molecule has 1 heterocycles. The van der Waals surface area contributed by atoms with Crippen LogP contribution in [0.2, 0.25) is 0 Å². The van der Waals surface area contributed by atoms with E-state index in [0.29, 0.717) is 18.4 Å². The molecule has 4 nitrogen and oxygen atoms in total. The molecule has 0 aliphatic rings. The summed E-state index contributed by atoms with van der Waals surface area (Å²) in [6.07, 6.45) is 1.77. The van der Waals surface area contributed by atoms with Gasteiger partial charge in [0.2, 0.25) is 11.8 Å². The molecule has 19 heavy (non-hydrogen) atoms. The van der Waals surface area contributed by atoms with Gasteiger partial charge in [0.05, 0.1) is 0 Å². The molecule has 0 fully saturated rings. The summed E-state index contributed by atoms with van der Waals surface area (Å²) in [5.74, 6) is 1.21. The van der Waals surface area contributed by atoms with Crippen LogP contribution in [0.3, 0.4) is 0 Å². The van der Waals surface area contributed by atoms with Gasteiger partial charge in [-0.1, -0.05) is 28.1 Å². The molecule has 0 amide bonds. The predicted molar refractivity (Wildman–Crippen MR) is 79.4 cm³/mol. The second kappa shape index (κ2) is 6.52. The molecule has 0 saturated heterocycles. The molecule has 0 unspecified atom stereocenters. The first kappa shape index (κ1) is 13.8. The van der Waals surface area contributed by atoms with Crippen molar-refractivity contribution in [2.24, 2.45) is 0 Å². The van der Waals surface area contributed by atoms with Crippen LogP contribution in [-0.2, 0) is 6.61 Å². The molecule has 0 atom stereocenters. The standard InChI is InChI=1S/C14H16BrN3O/c1-3-16-14-17-8-10(2)13(18-14)19-9-11-5-4-6-12(15)7-11/h4-8H,3,9H2,1-2H3,(H,16,17,18). The zero-order valence-corrected chi connectivity index (χ0v) is 12.6. The van der Waals surface area contributed by atoms with Gasteiger partial charge >= 0.3 is 0 Å². The number of hydrogen-bond donors (Lipinski definition) is 1. The van der Waals surface area contributed by atoms with Crippen molar-refractivity contribution in [3.63, 3.8) is 0 Å². The summed E-state index contributed by atoms with van der Waals surface area (Å²) < 4.78 is 6.80. The van der Waals surface area contributed by atoms with E-state index in [-0.39, 0.29) is 0 Å². The molecule has 2 aromatic rings. The van der Waals surface area contributed by atoms with E-state index < -0.39 is 0 Å². The number of rotatable bonds is 5. The molecule has 1 aromatic carbocycles. The van der Waals surface area contributed by atoms with Crippen LogP contribution in [0.5, 0.6) is 5.88 Å². The maximum atomic E-state index is 5.75. The first-order valence-electron chi connectivity index (χ1n) is 6.14. The average molecular weight is 322 g/mol. The van der Waals surface area contributed by atoms with Crippen LogP contribution in [0, 0.1) is 6.92 Å². The third kappa shape index (κ3) is 3.92. The topological polar surface area (TPSA) is 47.0 Å². The van der Waals surface area contributed by atoms with E-state index in [9.17, 15) is 0 Å². The van der Waals surface area contributed by atoms with E-state index in [1.807, 2.05) is 38.1 Å². The fourth-order valence-corrected chi connectivity index (χ4v) is 2.04. The van der Waals surface area contributed by atoms with Crippen LogP contribution in [0.25, 0.3) is 0 Å². The fraction of sp³-hybridized carbons (Fsp3) is 0.286. The lowest BCUT2D eigenvalue weighted by Crippen LogP contribution is -2.05. The number of halogens is 1. The van der Waals surface area contributed by atoms with Gasteiger partial charge in [0.15, 0.2) is 0 Å². The lowest BCUT2D eigenvalue weighted by molar-refractivity contribution is 0.291. The van der Waals surface area contributed by atoms with Gasteiger partial charge in [-0.15, -0.1) is 0 Å².